The van der Waals surface area contributed by atoms with Crippen molar-refractivity contribution in [1.29, 1.82) is 0 Å². The average Bonchev–Trinajstić information content (AvgIpc) is 3.35. The smallest absolute Gasteiger partial charge is 0.353 e. The largest absolute Gasteiger partial charge is 0.466 e. The Morgan fingerprint density at radius 1 is 1.32 bits per heavy atom. The summed E-state index contributed by atoms with van der Waals surface area (Å²) in [6, 6.07) is 9.71. The summed E-state index contributed by atoms with van der Waals surface area (Å²) >= 11 is 0. The molecule has 1 aliphatic heterocycles. The first-order valence-corrected chi connectivity index (χ1v) is 9.12. The summed E-state index contributed by atoms with van der Waals surface area (Å²) in [4.78, 5) is 30.3. The van der Waals surface area contributed by atoms with Gasteiger partial charge in [-0.25, -0.2) is 4.79 Å². The highest BCUT2D eigenvalue weighted by Crippen LogP contribution is 2.29. The van der Waals surface area contributed by atoms with Crippen molar-refractivity contribution < 1.29 is 19.2 Å². The van der Waals surface area contributed by atoms with Crippen molar-refractivity contribution in [1.82, 2.24) is 15.1 Å². The van der Waals surface area contributed by atoms with Gasteiger partial charge in [-0.1, -0.05) is 35.5 Å². The van der Waals surface area contributed by atoms with Crippen LogP contribution in [0.3, 0.4) is 0 Å². The topological polar surface area (TPSA) is 94.8 Å². The van der Waals surface area contributed by atoms with Gasteiger partial charge in [-0.15, -0.1) is 0 Å². The van der Waals surface area contributed by atoms with Gasteiger partial charge in [0.05, 0.1) is 31.1 Å². The van der Waals surface area contributed by atoms with Gasteiger partial charge in [-0.3, -0.25) is 9.48 Å². The molecule has 0 aliphatic carbocycles. The molecule has 2 aromatic rings. The summed E-state index contributed by atoms with van der Waals surface area (Å²) in [6.45, 7) is 4.15. The van der Waals surface area contributed by atoms with E-state index in [-0.39, 0.29) is 24.9 Å². The molecule has 1 aliphatic rings. The second kappa shape index (κ2) is 8.24. The molecule has 0 radical (unpaired) electrons. The first kappa shape index (κ1) is 19.6. The average molecular weight is 384 g/mol. The van der Waals surface area contributed by atoms with Crippen LogP contribution in [0.15, 0.2) is 47.9 Å². The summed E-state index contributed by atoms with van der Waals surface area (Å²) in [6.07, 6.45) is 3.81. The van der Waals surface area contributed by atoms with E-state index in [0.717, 1.165) is 5.56 Å². The molecule has 1 N–H and O–H groups in total. The lowest BCUT2D eigenvalue weighted by atomic mass is 9.89. The van der Waals surface area contributed by atoms with E-state index in [1.54, 1.807) is 10.9 Å². The number of ether oxygens (including phenoxy) is 1. The molecule has 2 heterocycles. The van der Waals surface area contributed by atoms with Gasteiger partial charge in [-0.2, -0.15) is 5.10 Å². The van der Waals surface area contributed by atoms with Gasteiger partial charge in [-0.05, 0) is 19.4 Å². The van der Waals surface area contributed by atoms with Crippen LogP contribution in [0.4, 0.5) is 0 Å². The quantitative estimate of drug-likeness (QED) is 0.738. The van der Waals surface area contributed by atoms with Gasteiger partial charge in [0, 0.05) is 25.1 Å². The predicted octanol–water partition coefficient (Wildman–Crippen LogP) is 2.12. The molecule has 1 unspecified atom stereocenters. The molecular formula is C20H24N4O4. The number of nitrogens with one attached hydrogen (secondary N) is 1. The molecule has 1 aromatic carbocycles. The van der Waals surface area contributed by atoms with Crippen LogP contribution in [0.5, 0.6) is 0 Å². The Labute approximate surface area is 163 Å². The number of esters is 1. The fourth-order valence-corrected chi connectivity index (χ4v) is 3.05. The lowest BCUT2D eigenvalue weighted by Gasteiger charge is -2.23. The van der Waals surface area contributed by atoms with Crippen LogP contribution in [0.25, 0.3) is 0 Å². The van der Waals surface area contributed by atoms with E-state index in [9.17, 15) is 9.59 Å². The SMILES string of the molecule is COC(=O)C1(Cc2ccccc2)CC(CNC(=O)c2cnn(C(C)C)c2)=NO1. The standard InChI is InChI=1S/C20H24N4O4/c1-14(2)24-13-16(11-22-24)18(25)21-12-17-10-20(28-23-17,19(26)27-3)9-15-7-5-4-6-8-15/h4-8,11,13-14H,9-10,12H2,1-3H3,(H,21,25). The van der Waals surface area contributed by atoms with Gasteiger partial charge in [0.25, 0.3) is 5.91 Å². The molecule has 1 atom stereocenters. The monoisotopic (exact) mass is 384 g/mol. The molecule has 8 heteroatoms. The minimum Gasteiger partial charge on any atom is -0.466 e. The molecule has 0 saturated heterocycles. The van der Waals surface area contributed by atoms with Crippen LogP contribution in [-0.2, 0) is 20.8 Å². The van der Waals surface area contributed by atoms with Gasteiger partial charge in [0.2, 0.25) is 5.60 Å². The fraction of sp³-hybridized carbons (Fsp3) is 0.400. The van der Waals surface area contributed by atoms with Gasteiger partial charge in [0.15, 0.2) is 0 Å². The number of hydrogen-bond acceptors (Lipinski definition) is 6. The first-order valence-electron chi connectivity index (χ1n) is 9.12. The summed E-state index contributed by atoms with van der Waals surface area (Å²) in [7, 11) is 1.32. The van der Waals surface area contributed by atoms with Crippen molar-refractivity contribution in [2.24, 2.45) is 5.16 Å². The number of hydrogen-bond donors (Lipinski definition) is 1. The number of benzene rings is 1. The van der Waals surface area contributed by atoms with Crippen molar-refractivity contribution in [3.8, 4) is 0 Å². The van der Waals surface area contributed by atoms with Crippen molar-refractivity contribution in [3.05, 3.63) is 53.9 Å². The Kier molecular flexibility index (Phi) is 5.77. The van der Waals surface area contributed by atoms with Crippen LogP contribution < -0.4 is 5.32 Å². The Balaban J connectivity index is 1.62. The first-order chi connectivity index (χ1) is 13.4. The molecule has 0 bridgehead atoms. The van der Waals surface area contributed by atoms with Crippen LogP contribution in [-0.4, -0.2) is 46.6 Å². The fourth-order valence-electron chi connectivity index (χ4n) is 3.05. The lowest BCUT2D eigenvalue weighted by Crippen LogP contribution is -2.43. The van der Waals surface area contributed by atoms with E-state index < -0.39 is 11.6 Å². The molecule has 1 aromatic heterocycles. The second-order valence-electron chi connectivity index (χ2n) is 7.06. The van der Waals surface area contributed by atoms with E-state index in [0.29, 0.717) is 17.7 Å². The van der Waals surface area contributed by atoms with Crippen molar-refractivity contribution in [2.75, 3.05) is 13.7 Å². The zero-order valence-electron chi connectivity index (χ0n) is 16.2. The number of nitrogens with zero attached hydrogens (tertiary/aromatic N) is 3. The van der Waals surface area contributed by atoms with E-state index in [1.165, 1.54) is 13.3 Å². The second-order valence-corrected chi connectivity index (χ2v) is 7.06. The Hall–Kier alpha value is -3.16. The minimum absolute atomic E-state index is 0.174. The van der Waals surface area contributed by atoms with Crippen LogP contribution in [0.2, 0.25) is 0 Å². The predicted molar refractivity (Wildman–Crippen MR) is 103 cm³/mol. The zero-order valence-corrected chi connectivity index (χ0v) is 16.2. The number of aromatic nitrogens is 2. The van der Waals surface area contributed by atoms with Gasteiger partial charge >= 0.3 is 5.97 Å². The third kappa shape index (κ3) is 4.21. The molecule has 0 fully saturated rings. The van der Waals surface area contributed by atoms with Crippen molar-refractivity contribution >= 4 is 17.6 Å². The van der Waals surface area contributed by atoms with Crippen LogP contribution in [0.1, 0.15) is 42.2 Å². The lowest BCUT2D eigenvalue weighted by molar-refractivity contribution is -0.166. The molecule has 1 amide bonds. The third-order valence-electron chi connectivity index (χ3n) is 4.57. The summed E-state index contributed by atoms with van der Waals surface area (Å²) in [5, 5.41) is 11.0. The third-order valence-corrected chi connectivity index (χ3v) is 4.57. The molecule has 0 saturated carbocycles. The van der Waals surface area contributed by atoms with Crippen molar-refractivity contribution in [2.45, 2.75) is 38.3 Å². The molecule has 8 nitrogen and oxygen atoms in total. The normalized spacial score (nSPS) is 18.5. The number of oxime groups is 1. The maximum atomic E-state index is 12.4. The Morgan fingerprint density at radius 3 is 2.71 bits per heavy atom. The highest BCUT2D eigenvalue weighted by molar-refractivity contribution is 5.99. The maximum absolute atomic E-state index is 12.4. The van der Waals surface area contributed by atoms with E-state index in [2.05, 4.69) is 15.6 Å². The summed E-state index contributed by atoms with van der Waals surface area (Å²) in [5.41, 5.74) is 0.774. The number of methoxy groups -OCH3 is 1. The highest BCUT2D eigenvalue weighted by atomic mass is 16.7. The molecule has 3 rings (SSSR count). The molecule has 148 valence electrons. The van der Waals surface area contributed by atoms with Gasteiger partial charge < -0.3 is 14.9 Å². The van der Waals surface area contributed by atoms with E-state index >= 15 is 0 Å². The van der Waals surface area contributed by atoms with E-state index in [4.69, 9.17) is 9.57 Å². The minimum atomic E-state index is -1.21. The molecular weight excluding hydrogens is 360 g/mol. The molecule has 28 heavy (non-hydrogen) atoms. The molecule has 0 spiro atoms. The highest BCUT2D eigenvalue weighted by Gasteiger charge is 2.47. The maximum Gasteiger partial charge on any atom is 0.353 e. The number of carbonyl (C=O) groups excluding carboxylic acids is 2. The number of amides is 1. The summed E-state index contributed by atoms with van der Waals surface area (Å²) in [5.74, 6) is -0.743. The van der Waals surface area contributed by atoms with Gasteiger partial charge in [0.1, 0.15) is 0 Å². The van der Waals surface area contributed by atoms with Crippen molar-refractivity contribution in [3.63, 3.8) is 0 Å². The van der Waals surface area contributed by atoms with E-state index in [1.807, 2.05) is 44.2 Å². The Bertz CT molecular complexity index is 875. The Morgan fingerprint density at radius 2 is 2.07 bits per heavy atom. The van der Waals surface area contributed by atoms with Crippen LogP contribution >= 0.6 is 0 Å². The zero-order chi connectivity index (χ0) is 20.1. The number of carbonyl (C=O) groups is 2. The summed E-state index contributed by atoms with van der Waals surface area (Å²) < 4.78 is 6.66. The number of rotatable bonds is 7. The van der Waals surface area contributed by atoms with Crippen LogP contribution in [0, 0.1) is 0 Å².